The second kappa shape index (κ2) is 8.77. The van der Waals surface area contributed by atoms with E-state index in [4.69, 9.17) is 9.84 Å². The maximum absolute atomic E-state index is 12.6. The lowest BCUT2D eigenvalue weighted by molar-refractivity contribution is -0.143. The smallest absolute Gasteiger partial charge is 0.242 e. The summed E-state index contributed by atoms with van der Waals surface area (Å²) in [6, 6.07) is 8.87. The molecule has 1 aliphatic heterocycles. The molecule has 0 radical (unpaired) electrons. The molecule has 138 valence electrons. The quantitative estimate of drug-likeness (QED) is 0.753. The monoisotopic (exact) mass is 375 g/mol. The number of benzene rings is 1. The van der Waals surface area contributed by atoms with E-state index in [0.717, 1.165) is 10.8 Å². The van der Waals surface area contributed by atoms with E-state index in [1.807, 2.05) is 35.7 Å². The van der Waals surface area contributed by atoms with Crippen molar-refractivity contribution in [2.24, 2.45) is 0 Å². The van der Waals surface area contributed by atoms with Crippen LogP contribution in [0.4, 0.5) is 0 Å². The highest BCUT2D eigenvalue weighted by atomic mass is 32.1. The van der Waals surface area contributed by atoms with E-state index in [9.17, 15) is 9.59 Å². The third-order valence-electron chi connectivity index (χ3n) is 4.09. The van der Waals surface area contributed by atoms with Gasteiger partial charge in [-0.3, -0.25) is 9.59 Å². The highest BCUT2D eigenvalue weighted by Crippen LogP contribution is 2.17. The summed E-state index contributed by atoms with van der Waals surface area (Å²) < 4.78 is 5.66. The molecule has 1 aliphatic rings. The Morgan fingerprint density at radius 3 is 2.96 bits per heavy atom. The molecule has 3 rings (SSSR count). The number of piperazine rings is 1. The summed E-state index contributed by atoms with van der Waals surface area (Å²) in [6.07, 6.45) is 0.377. The Morgan fingerprint density at radius 2 is 2.19 bits per heavy atom. The van der Waals surface area contributed by atoms with Crippen LogP contribution < -0.4 is 10.1 Å². The van der Waals surface area contributed by atoms with Gasteiger partial charge in [-0.15, -0.1) is 11.3 Å². The molecule has 1 atom stereocenters. The largest absolute Gasteiger partial charge is 0.486 e. The Morgan fingerprint density at radius 1 is 1.38 bits per heavy atom. The van der Waals surface area contributed by atoms with Crippen molar-refractivity contribution in [3.05, 3.63) is 46.4 Å². The molecule has 2 N–H and O–H groups in total. The third-order valence-corrected chi connectivity index (χ3v) is 4.96. The first-order chi connectivity index (χ1) is 12.7. The van der Waals surface area contributed by atoms with E-state index >= 15 is 0 Å². The summed E-state index contributed by atoms with van der Waals surface area (Å²) in [5.41, 5.74) is 0.667. The Kier molecular flexibility index (Phi) is 6.19. The van der Waals surface area contributed by atoms with E-state index in [1.54, 1.807) is 0 Å². The summed E-state index contributed by atoms with van der Waals surface area (Å²) in [7, 11) is 0. The fourth-order valence-electron chi connectivity index (χ4n) is 2.84. The summed E-state index contributed by atoms with van der Waals surface area (Å²) in [6.45, 7) is 1.09. The number of hydrogen-bond donors (Lipinski definition) is 2. The molecule has 1 aromatic heterocycles. The zero-order chi connectivity index (χ0) is 18.4. The van der Waals surface area contributed by atoms with Crippen LogP contribution in [0.2, 0.25) is 0 Å². The Labute approximate surface area is 155 Å². The second-order valence-corrected chi connectivity index (χ2v) is 6.86. The number of nitrogens with one attached hydrogen (secondary N) is 1. The molecule has 0 aliphatic carbocycles. The Balaban J connectivity index is 1.57. The summed E-state index contributed by atoms with van der Waals surface area (Å²) in [5.74, 6) is 0.402. The molecular weight excluding hydrogens is 354 g/mol. The van der Waals surface area contributed by atoms with Gasteiger partial charge in [0, 0.05) is 25.1 Å². The summed E-state index contributed by atoms with van der Waals surface area (Å²) in [5, 5.41) is 14.5. The third kappa shape index (κ3) is 4.59. The number of amides is 2. The predicted molar refractivity (Wildman–Crippen MR) is 96.8 cm³/mol. The number of carbonyl (C=O) groups is 2. The maximum Gasteiger partial charge on any atom is 0.242 e. The average Bonchev–Trinajstić information content (AvgIpc) is 3.10. The van der Waals surface area contributed by atoms with Gasteiger partial charge in [-0.2, -0.15) is 0 Å². The van der Waals surface area contributed by atoms with Gasteiger partial charge < -0.3 is 20.1 Å². The molecule has 0 bridgehead atoms. The van der Waals surface area contributed by atoms with Gasteiger partial charge in [-0.1, -0.05) is 18.2 Å². The van der Waals surface area contributed by atoms with Crippen molar-refractivity contribution < 1.29 is 19.4 Å². The molecule has 1 fully saturated rings. The molecule has 1 aromatic carbocycles. The van der Waals surface area contributed by atoms with Gasteiger partial charge in [-0.25, -0.2) is 4.98 Å². The number of para-hydroxylation sites is 1. The number of aliphatic hydroxyl groups excluding tert-OH is 1. The Bertz CT molecular complexity index is 750. The minimum absolute atomic E-state index is 0.136. The molecule has 7 nitrogen and oxygen atoms in total. The van der Waals surface area contributed by atoms with Crippen molar-refractivity contribution in [2.75, 3.05) is 19.7 Å². The highest BCUT2D eigenvalue weighted by Gasteiger charge is 2.32. The van der Waals surface area contributed by atoms with Crippen LogP contribution in [0.15, 0.2) is 35.7 Å². The van der Waals surface area contributed by atoms with Gasteiger partial charge in [0.1, 0.15) is 23.4 Å². The topological polar surface area (TPSA) is 91.8 Å². The first-order valence-electron chi connectivity index (χ1n) is 8.46. The fraction of sp³-hybridized carbons (Fsp3) is 0.389. The normalized spacial score (nSPS) is 17.0. The van der Waals surface area contributed by atoms with E-state index in [-0.39, 0.29) is 31.3 Å². The van der Waals surface area contributed by atoms with Crippen LogP contribution in [0.1, 0.15) is 17.1 Å². The van der Waals surface area contributed by atoms with E-state index in [2.05, 4.69) is 10.3 Å². The van der Waals surface area contributed by atoms with Crippen molar-refractivity contribution >= 4 is 23.2 Å². The Hall–Kier alpha value is -2.45. The molecular formula is C18H21N3O4S. The van der Waals surface area contributed by atoms with Gasteiger partial charge in [-0.05, 0) is 18.6 Å². The minimum Gasteiger partial charge on any atom is -0.486 e. The van der Waals surface area contributed by atoms with Gasteiger partial charge in [0.25, 0.3) is 0 Å². The van der Waals surface area contributed by atoms with Gasteiger partial charge in [0.15, 0.2) is 0 Å². The number of rotatable bonds is 7. The first kappa shape index (κ1) is 18.3. The van der Waals surface area contributed by atoms with Crippen molar-refractivity contribution in [2.45, 2.75) is 25.5 Å². The highest BCUT2D eigenvalue weighted by molar-refractivity contribution is 7.09. The standard InChI is InChI=1S/C18H21N3O4S/c22-9-6-15-18(24)19-7-8-21(15)17(23)10-13-12-26-16(20-13)11-25-14-4-2-1-3-5-14/h1-5,12,15,22H,6-11H2,(H,19,24). The second-order valence-electron chi connectivity index (χ2n) is 5.92. The molecule has 1 saturated heterocycles. The van der Waals surface area contributed by atoms with E-state index in [1.165, 1.54) is 16.2 Å². The SMILES string of the molecule is O=C1NCCN(C(=O)Cc2csc(COc3ccccc3)n2)C1CCO. The zero-order valence-electron chi connectivity index (χ0n) is 14.3. The van der Waals surface area contributed by atoms with Gasteiger partial charge >= 0.3 is 0 Å². The predicted octanol–water partition coefficient (Wildman–Crippen LogP) is 0.974. The summed E-state index contributed by atoms with van der Waals surface area (Å²) in [4.78, 5) is 30.5. The molecule has 2 amide bonds. The molecule has 2 heterocycles. The van der Waals surface area contributed by atoms with Crippen LogP contribution in [-0.2, 0) is 22.6 Å². The molecule has 0 saturated carbocycles. The van der Waals surface area contributed by atoms with Crippen LogP contribution in [-0.4, -0.2) is 52.5 Å². The van der Waals surface area contributed by atoms with Crippen molar-refractivity contribution in [1.82, 2.24) is 15.2 Å². The van der Waals surface area contributed by atoms with Gasteiger partial charge in [0.05, 0.1) is 12.1 Å². The maximum atomic E-state index is 12.6. The minimum atomic E-state index is -0.610. The molecule has 26 heavy (non-hydrogen) atoms. The average molecular weight is 375 g/mol. The molecule has 8 heteroatoms. The number of carbonyl (C=O) groups excluding carboxylic acids is 2. The molecule has 0 spiro atoms. The molecule has 1 unspecified atom stereocenters. The van der Waals surface area contributed by atoms with Crippen LogP contribution in [0.5, 0.6) is 5.75 Å². The zero-order valence-corrected chi connectivity index (χ0v) is 15.1. The first-order valence-corrected chi connectivity index (χ1v) is 9.34. The van der Waals surface area contributed by atoms with Crippen LogP contribution >= 0.6 is 11.3 Å². The number of hydrogen-bond acceptors (Lipinski definition) is 6. The van der Waals surface area contributed by atoms with Crippen molar-refractivity contribution in [3.8, 4) is 5.75 Å². The van der Waals surface area contributed by atoms with Crippen LogP contribution in [0.25, 0.3) is 0 Å². The molecule has 2 aromatic rings. The van der Waals surface area contributed by atoms with E-state index in [0.29, 0.717) is 25.4 Å². The lowest BCUT2D eigenvalue weighted by atomic mass is 10.1. The fourth-order valence-corrected chi connectivity index (χ4v) is 3.54. The number of aromatic nitrogens is 1. The number of nitrogens with zero attached hydrogens (tertiary/aromatic N) is 2. The lowest BCUT2D eigenvalue weighted by Crippen LogP contribution is -2.57. The summed E-state index contributed by atoms with van der Waals surface area (Å²) >= 11 is 1.44. The number of thiazole rings is 1. The van der Waals surface area contributed by atoms with Crippen LogP contribution in [0, 0.1) is 0 Å². The van der Waals surface area contributed by atoms with E-state index < -0.39 is 6.04 Å². The van der Waals surface area contributed by atoms with Crippen LogP contribution in [0.3, 0.4) is 0 Å². The van der Waals surface area contributed by atoms with Gasteiger partial charge in [0.2, 0.25) is 11.8 Å². The number of aliphatic hydroxyl groups is 1. The number of ether oxygens (including phenoxy) is 1. The lowest BCUT2D eigenvalue weighted by Gasteiger charge is -2.34. The van der Waals surface area contributed by atoms with Crippen molar-refractivity contribution in [1.29, 1.82) is 0 Å². The van der Waals surface area contributed by atoms with Crippen molar-refractivity contribution in [3.63, 3.8) is 0 Å².